The predicted octanol–water partition coefficient (Wildman–Crippen LogP) is 2.97. The first-order chi connectivity index (χ1) is 14.3. The van der Waals surface area contributed by atoms with Gasteiger partial charge in [0, 0.05) is 39.3 Å². The van der Waals surface area contributed by atoms with E-state index in [1.807, 2.05) is 35.2 Å². The average molecular weight is 394 g/mol. The first-order valence-corrected chi connectivity index (χ1v) is 10.8. The Morgan fingerprint density at radius 2 is 1.55 bits per heavy atom. The lowest BCUT2D eigenvalue weighted by atomic mass is 10.0. The lowest BCUT2D eigenvalue weighted by Crippen LogP contribution is -2.39. The zero-order valence-electron chi connectivity index (χ0n) is 17.1. The van der Waals surface area contributed by atoms with Gasteiger partial charge in [0.1, 0.15) is 6.04 Å². The number of rotatable bonds is 7. The second-order valence-electron chi connectivity index (χ2n) is 7.91. The summed E-state index contributed by atoms with van der Waals surface area (Å²) in [6, 6.07) is 18.4. The molecule has 0 bridgehead atoms. The summed E-state index contributed by atoms with van der Waals surface area (Å²) in [5, 5.41) is 3.57. The van der Waals surface area contributed by atoms with Crippen LogP contribution in [-0.4, -0.2) is 55.1 Å². The van der Waals surface area contributed by atoms with Crippen LogP contribution in [0.2, 0.25) is 0 Å². The lowest BCUT2D eigenvalue weighted by Gasteiger charge is -2.28. The number of hydrogen-bond acceptors (Lipinski definition) is 4. The van der Waals surface area contributed by atoms with Crippen LogP contribution in [0, 0.1) is 0 Å². The van der Waals surface area contributed by atoms with Gasteiger partial charge < -0.3 is 9.64 Å². The topological polar surface area (TPSA) is 44.8 Å². The summed E-state index contributed by atoms with van der Waals surface area (Å²) in [7, 11) is 0. The van der Waals surface area contributed by atoms with E-state index in [1.54, 1.807) is 0 Å². The van der Waals surface area contributed by atoms with Crippen LogP contribution in [-0.2, 0) is 22.6 Å². The summed E-state index contributed by atoms with van der Waals surface area (Å²) in [5.41, 5.74) is 3.62. The minimum absolute atomic E-state index is 0.194. The van der Waals surface area contributed by atoms with Crippen LogP contribution < -0.4 is 5.32 Å². The molecule has 5 nitrogen and oxygen atoms in total. The van der Waals surface area contributed by atoms with Crippen molar-refractivity contribution in [2.45, 2.75) is 32.0 Å². The summed E-state index contributed by atoms with van der Waals surface area (Å²) in [6.07, 6.45) is 2.21. The van der Waals surface area contributed by atoms with Crippen molar-refractivity contribution in [1.82, 2.24) is 15.1 Å². The lowest BCUT2D eigenvalue weighted by molar-refractivity contribution is -0.132. The molecule has 1 amide bonds. The van der Waals surface area contributed by atoms with Gasteiger partial charge in [-0.3, -0.25) is 15.0 Å². The summed E-state index contributed by atoms with van der Waals surface area (Å²) in [5.74, 6) is 0.194. The normalized spacial score (nSPS) is 18.7. The Morgan fingerprint density at radius 1 is 0.897 bits per heavy atom. The summed E-state index contributed by atoms with van der Waals surface area (Å²) < 4.78 is 5.47. The quantitative estimate of drug-likeness (QED) is 0.786. The van der Waals surface area contributed by atoms with Gasteiger partial charge in [-0.1, -0.05) is 54.6 Å². The van der Waals surface area contributed by atoms with E-state index in [2.05, 4.69) is 34.5 Å². The SMILES string of the molecule is O=C([C@@H](NCc1ccccc1CN1CCOCC1)c1ccccc1)N1CCCC1. The van der Waals surface area contributed by atoms with Gasteiger partial charge in [-0.05, 0) is 29.5 Å². The third-order valence-electron chi connectivity index (χ3n) is 5.91. The molecule has 0 radical (unpaired) electrons. The van der Waals surface area contributed by atoms with Crippen LogP contribution in [0.3, 0.4) is 0 Å². The van der Waals surface area contributed by atoms with E-state index in [0.717, 1.165) is 64.3 Å². The standard InChI is InChI=1S/C24H31N3O2/c28-24(27-12-6-7-13-27)23(20-8-2-1-3-9-20)25-18-21-10-4-5-11-22(21)19-26-14-16-29-17-15-26/h1-5,8-11,23,25H,6-7,12-19H2/t23-/m0/s1. The molecule has 5 heteroatoms. The predicted molar refractivity (Wildman–Crippen MR) is 114 cm³/mol. The van der Waals surface area contributed by atoms with Crippen LogP contribution >= 0.6 is 0 Å². The molecule has 0 unspecified atom stereocenters. The molecular formula is C24H31N3O2. The number of likely N-dealkylation sites (tertiary alicyclic amines) is 1. The van der Waals surface area contributed by atoms with Crippen molar-refractivity contribution < 1.29 is 9.53 Å². The molecule has 0 aliphatic carbocycles. The van der Waals surface area contributed by atoms with E-state index in [-0.39, 0.29) is 11.9 Å². The number of ether oxygens (including phenoxy) is 1. The average Bonchev–Trinajstić information content (AvgIpc) is 3.31. The van der Waals surface area contributed by atoms with Crippen molar-refractivity contribution >= 4 is 5.91 Å². The Kier molecular flexibility index (Phi) is 6.93. The number of benzene rings is 2. The Hall–Kier alpha value is -2.21. The van der Waals surface area contributed by atoms with Crippen LogP contribution in [0.15, 0.2) is 54.6 Å². The number of carbonyl (C=O) groups excluding carboxylic acids is 1. The molecule has 1 atom stereocenters. The maximum atomic E-state index is 13.2. The summed E-state index contributed by atoms with van der Waals surface area (Å²) in [4.78, 5) is 17.7. The monoisotopic (exact) mass is 393 g/mol. The largest absolute Gasteiger partial charge is 0.379 e. The fourth-order valence-electron chi connectivity index (χ4n) is 4.21. The van der Waals surface area contributed by atoms with Gasteiger partial charge in [-0.2, -0.15) is 0 Å². The van der Waals surface area contributed by atoms with Crippen molar-refractivity contribution in [2.24, 2.45) is 0 Å². The van der Waals surface area contributed by atoms with E-state index >= 15 is 0 Å². The molecule has 2 fully saturated rings. The molecule has 2 aromatic carbocycles. The zero-order valence-corrected chi connectivity index (χ0v) is 17.1. The van der Waals surface area contributed by atoms with Gasteiger partial charge in [0.05, 0.1) is 13.2 Å². The fraction of sp³-hybridized carbons (Fsp3) is 0.458. The molecule has 1 N–H and O–H groups in total. The van der Waals surface area contributed by atoms with Gasteiger partial charge >= 0.3 is 0 Å². The zero-order chi connectivity index (χ0) is 19.9. The Balaban J connectivity index is 1.48. The molecule has 154 valence electrons. The number of nitrogens with zero attached hydrogens (tertiary/aromatic N) is 2. The van der Waals surface area contributed by atoms with Gasteiger partial charge in [-0.25, -0.2) is 0 Å². The molecule has 0 saturated carbocycles. The van der Waals surface area contributed by atoms with Crippen molar-refractivity contribution in [3.8, 4) is 0 Å². The second kappa shape index (κ2) is 10.0. The van der Waals surface area contributed by atoms with Gasteiger partial charge in [0.25, 0.3) is 0 Å². The van der Waals surface area contributed by atoms with Crippen LogP contribution in [0.4, 0.5) is 0 Å². The maximum absolute atomic E-state index is 13.2. The molecule has 0 spiro atoms. The molecule has 4 rings (SSSR count). The summed E-state index contributed by atoms with van der Waals surface area (Å²) in [6.45, 7) is 6.91. The first-order valence-electron chi connectivity index (χ1n) is 10.8. The van der Waals surface area contributed by atoms with E-state index in [4.69, 9.17) is 4.74 Å². The highest BCUT2D eigenvalue weighted by atomic mass is 16.5. The van der Waals surface area contributed by atoms with Crippen molar-refractivity contribution in [2.75, 3.05) is 39.4 Å². The third kappa shape index (κ3) is 5.24. The second-order valence-corrected chi connectivity index (χ2v) is 7.91. The van der Waals surface area contributed by atoms with Gasteiger partial charge in [0.2, 0.25) is 5.91 Å². The highest BCUT2D eigenvalue weighted by Gasteiger charge is 2.27. The van der Waals surface area contributed by atoms with E-state index in [1.165, 1.54) is 11.1 Å². The number of morpholine rings is 1. The van der Waals surface area contributed by atoms with Crippen molar-refractivity contribution in [1.29, 1.82) is 0 Å². The van der Waals surface area contributed by atoms with E-state index in [0.29, 0.717) is 6.54 Å². The maximum Gasteiger partial charge on any atom is 0.244 e. The Bertz CT molecular complexity index is 784. The Labute approximate surface area is 173 Å². The fourth-order valence-corrected chi connectivity index (χ4v) is 4.21. The number of amides is 1. The number of carbonyl (C=O) groups is 1. The van der Waals surface area contributed by atoms with Gasteiger partial charge in [0.15, 0.2) is 0 Å². The van der Waals surface area contributed by atoms with E-state index in [9.17, 15) is 4.79 Å². The highest BCUT2D eigenvalue weighted by Crippen LogP contribution is 2.21. The Morgan fingerprint density at radius 3 is 2.28 bits per heavy atom. The van der Waals surface area contributed by atoms with E-state index < -0.39 is 0 Å². The van der Waals surface area contributed by atoms with Crippen LogP contribution in [0.1, 0.15) is 35.6 Å². The van der Waals surface area contributed by atoms with Crippen molar-refractivity contribution in [3.05, 3.63) is 71.3 Å². The summed E-state index contributed by atoms with van der Waals surface area (Å²) >= 11 is 0. The first kappa shape index (κ1) is 20.1. The third-order valence-corrected chi connectivity index (χ3v) is 5.91. The molecular weight excluding hydrogens is 362 g/mol. The molecule has 2 aromatic rings. The van der Waals surface area contributed by atoms with Crippen molar-refractivity contribution in [3.63, 3.8) is 0 Å². The molecule has 2 aliphatic rings. The molecule has 0 aromatic heterocycles. The smallest absolute Gasteiger partial charge is 0.244 e. The minimum Gasteiger partial charge on any atom is -0.379 e. The molecule has 2 heterocycles. The molecule has 29 heavy (non-hydrogen) atoms. The number of hydrogen-bond donors (Lipinski definition) is 1. The highest BCUT2D eigenvalue weighted by molar-refractivity contribution is 5.83. The minimum atomic E-state index is -0.300. The van der Waals surface area contributed by atoms with Crippen LogP contribution in [0.25, 0.3) is 0 Å². The number of nitrogens with one attached hydrogen (secondary N) is 1. The van der Waals surface area contributed by atoms with Crippen LogP contribution in [0.5, 0.6) is 0 Å². The molecule has 2 saturated heterocycles. The van der Waals surface area contributed by atoms with Gasteiger partial charge in [-0.15, -0.1) is 0 Å². The molecule has 2 aliphatic heterocycles.